The van der Waals surface area contributed by atoms with Crippen LogP contribution in [0, 0.1) is 0 Å². The summed E-state index contributed by atoms with van der Waals surface area (Å²) >= 11 is 6.22. The SMILES string of the molecule is Cl.NC(CC(=O)Nc1ccc(Cl)c(C(=O)NC2CCCCC2)c1)c1ccccc1. The van der Waals surface area contributed by atoms with Crippen LogP contribution in [-0.4, -0.2) is 17.9 Å². The van der Waals surface area contributed by atoms with Crippen LogP contribution in [0.5, 0.6) is 0 Å². The summed E-state index contributed by atoms with van der Waals surface area (Å²) < 4.78 is 0. The summed E-state index contributed by atoms with van der Waals surface area (Å²) in [5, 5.41) is 6.23. The normalized spacial score (nSPS) is 15.1. The van der Waals surface area contributed by atoms with Crippen molar-refractivity contribution in [2.45, 2.75) is 50.6 Å². The molecule has 0 radical (unpaired) electrons. The van der Waals surface area contributed by atoms with Crippen LogP contribution in [0.2, 0.25) is 5.02 Å². The van der Waals surface area contributed by atoms with Crippen LogP contribution >= 0.6 is 24.0 Å². The minimum atomic E-state index is -0.387. The van der Waals surface area contributed by atoms with E-state index in [1.807, 2.05) is 30.3 Å². The number of hydrogen-bond donors (Lipinski definition) is 3. The smallest absolute Gasteiger partial charge is 0.253 e. The molecule has 1 unspecified atom stereocenters. The molecule has 1 atom stereocenters. The standard InChI is InChI=1S/C22H26ClN3O2.ClH/c23-19-12-11-17(13-18(19)22(28)26-16-9-5-2-6-10-16)25-21(27)14-20(24)15-7-3-1-4-8-15;/h1,3-4,7-8,11-13,16,20H,2,5-6,9-10,14,24H2,(H,25,27)(H,26,28);1H. The average Bonchev–Trinajstić information content (AvgIpc) is 2.70. The van der Waals surface area contributed by atoms with Gasteiger partial charge in [0.15, 0.2) is 0 Å². The van der Waals surface area contributed by atoms with E-state index in [9.17, 15) is 9.59 Å². The van der Waals surface area contributed by atoms with Gasteiger partial charge < -0.3 is 16.4 Å². The van der Waals surface area contributed by atoms with Crippen LogP contribution in [0.15, 0.2) is 48.5 Å². The second-order valence-electron chi connectivity index (χ2n) is 7.27. The molecule has 4 N–H and O–H groups in total. The Kier molecular flexibility index (Phi) is 8.96. The summed E-state index contributed by atoms with van der Waals surface area (Å²) in [6, 6.07) is 14.2. The van der Waals surface area contributed by atoms with Crippen LogP contribution < -0.4 is 16.4 Å². The van der Waals surface area contributed by atoms with E-state index in [1.54, 1.807) is 18.2 Å². The first-order valence-corrected chi connectivity index (χ1v) is 10.1. The van der Waals surface area contributed by atoms with Crippen molar-refractivity contribution >= 4 is 41.5 Å². The monoisotopic (exact) mass is 435 g/mol. The first kappa shape index (κ1) is 23.2. The first-order valence-electron chi connectivity index (χ1n) is 9.73. The Morgan fingerprint density at radius 2 is 1.76 bits per heavy atom. The zero-order chi connectivity index (χ0) is 19.9. The largest absolute Gasteiger partial charge is 0.349 e. The number of carbonyl (C=O) groups excluding carboxylic acids is 2. The summed E-state index contributed by atoms with van der Waals surface area (Å²) in [5.41, 5.74) is 7.92. The summed E-state index contributed by atoms with van der Waals surface area (Å²) in [6.07, 6.45) is 5.64. The van der Waals surface area contributed by atoms with Crippen molar-refractivity contribution in [3.8, 4) is 0 Å². The van der Waals surface area contributed by atoms with Crippen LogP contribution in [0.1, 0.15) is 60.5 Å². The van der Waals surface area contributed by atoms with Crippen molar-refractivity contribution in [2.24, 2.45) is 5.73 Å². The number of benzene rings is 2. The number of nitrogens with one attached hydrogen (secondary N) is 2. The van der Waals surface area contributed by atoms with E-state index in [-0.39, 0.29) is 42.7 Å². The van der Waals surface area contributed by atoms with Gasteiger partial charge in [-0.15, -0.1) is 12.4 Å². The number of rotatable bonds is 6. The van der Waals surface area contributed by atoms with E-state index in [0.717, 1.165) is 31.2 Å². The van der Waals surface area contributed by atoms with Gasteiger partial charge in [0.1, 0.15) is 0 Å². The van der Waals surface area contributed by atoms with E-state index in [4.69, 9.17) is 17.3 Å². The molecule has 7 heteroatoms. The van der Waals surface area contributed by atoms with Gasteiger partial charge in [0.25, 0.3) is 5.91 Å². The highest BCUT2D eigenvalue weighted by molar-refractivity contribution is 6.34. The maximum absolute atomic E-state index is 12.6. The molecule has 29 heavy (non-hydrogen) atoms. The van der Waals surface area contributed by atoms with Gasteiger partial charge in [-0.3, -0.25) is 9.59 Å². The zero-order valence-electron chi connectivity index (χ0n) is 16.2. The summed E-state index contributed by atoms with van der Waals surface area (Å²) in [7, 11) is 0. The van der Waals surface area contributed by atoms with E-state index in [0.29, 0.717) is 16.3 Å². The number of nitrogens with two attached hydrogens (primary N) is 1. The Hall–Kier alpha value is -2.08. The summed E-state index contributed by atoms with van der Waals surface area (Å²) in [5.74, 6) is -0.411. The fourth-order valence-corrected chi connectivity index (χ4v) is 3.72. The number of amides is 2. The Bertz CT molecular complexity index is 824. The number of halogens is 2. The molecule has 0 aromatic heterocycles. The van der Waals surface area contributed by atoms with Gasteiger partial charge >= 0.3 is 0 Å². The fraction of sp³-hybridized carbons (Fsp3) is 0.364. The first-order chi connectivity index (χ1) is 13.5. The lowest BCUT2D eigenvalue weighted by molar-refractivity contribution is -0.116. The van der Waals surface area contributed by atoms with Gasteiger partial charge in [0, 0.05) is 24.2 Å². The molecule has 1 aliphatic carbocycles. The minimum Gasteiger partial charge on any atom is -0.349 e. The maximum Gasteiger partial charge on any atom is 0.253 e. The second-order valence-corrected chi connectivity index (χ2v) is 7.68. The maximum atomic E-state index is 12.6. The van der Waals surface area contributed by atoms with E-state index < -0.39 is 0 Å². The third-order valence-electron chi connectivity index (χ3n) is 5.07. The number of anilines is 1. The van der Waals surface area contributed by atoms with E-state index >= 15 is 0 Å². The van der Waals surface area contributed by atoms with Gasteiger partial charge in [-0.25, -0.2) is 0 Å². The molecule has 0 spiro atoms. The van der Waals surface area contributed by atoms with Crippen molar-refractivity contribution in [1.82, 2.24) is 5.32 Å². The molecule has 2 aromatic rings. The highest BCUT2D eigenvalue weighted by Crippen LogP contribution is 2.23. The second kappa shape index (κ2) is 11.2. The van der Waals surface area contributed by atoms with Crippen molar-refractivity contribution in [3.63, 3.8) is 0 Å². The van der Waals surface area contributed by atoms with Crippen molar-refractivity contribution < 1.29 is 9.59 Å². The van der Waals surface area contributed by atoms with Crippen molar-refractivity contribution in [1.29, 1.82) is 0 Å². The fourth-order valence-electron chi connectivity index (χ4n) is 3.52. The Morgan fingerprint density at radius 1 is 1.07 bits per heavy atom. The Labute approximate surface area is 182 Å². The van der Waals surface area contributed by atoms with Crippen molar-refractivity contribution in [2.75, 3.05) is 5.32 Å². The molecule has 0 saturated heterocycles. The number of carbonyl (C=O) groups is 2. The molecule has 2 aromatic carbocycles. The molecule has 5 nitrogen and oxygen atoms in total. The van der Waals surface area contributed by atoms with Crippen LogP contribution in [0.25, 0.3) is 0 Å². The molecule has 1 aliphatic rings. The van der Waals surface area contributed by atoms with Gasteiger partial charge in [-0.2, -0.15) is 0 Å². The molecule has 156 valence electrons. The predicted octanol–water partition coefficient (Wildman–Crippen LogP) is 4.85. The lowest BCUT2D eigenvalue weighted by atomic mass is 9.95. The van der Waals surface area contributed by atoms with Crippen LogP contribution in [0.3, 0.4) is 0 Å². The highest BCUT2D eigenvalue weighted by Gasteiger charge is 2.19. The van der Waals surface area contributed by atoms with Crippen LogP contribution in [0.4, 0.5) is 5.69 Å². The van der Waals surface area contributed by atoms with Gasteiger partial charge in [-0.05, 0) is 36.6 Å². The molecular weight excluding hydrogens is 409 g/mol. The molecule has 3 rings (SSSR count). The lowest BCUT2D eigenvalue weighted by Crippen LogP contribution is -2.36. The average molecular weight is 436 g/mol. The third kappa shape index (κ3) is 6.74. The molecular formula is C22H27Cl2N3O2. The molecule has 1 fully saturated rings. The van der Waals surface area contributed by atoms with E-state index in [1.165, 1.54) is 6.42 Å². The van der Waals surface area contributed by atoms with Crippen LogP contribution in [-0.2, 0) is 4.79 Å². The topological polar surface area (TPSA) is 84.2 Å². The predicted molar refractivity (Wildman–Crippen MR) is 120 cm³/mol. The van der Waals surface area contributed by atoms with Gasteiger partial charge in [0.2, 0.25) is 5.91 Å². The molecule has 1 saturated carbocycles. The quantitative estimate of drug-likeness (QED) is 0.605. The van der Waals surface area contributed by atoms with Crippen molar-refractivity contribution in [3.05, 3.63) is 64.7 Å². The van der Waals surface area contributed by atoms with E-state index in [2.05, 4.69) is 10.6 Å². The summed E-state index contributed by atoms with van der Waals surface area (Å²) in [4.78, 5) is 25.0. The third-order valence-corrected chi connectivity index (χ3v) is 5.40. The van der Waals surface area contributed by atoms with Gasteiger partial charge in [0.05, 0.1) is 10.6 Å². The van der Waals surface area contributed by atoms with Gasteiger partial charge in [-0.1, -0.05) is 61.2 Å². The zero-order valence-corrected chi connectivity index (χ0v) is 17.8. The molecule has 2 amide bonds. The Morgan fingerprint density at radius 3 is 2.45 bits per heavy atom. The highest BCUT2D eigenvalue weighted by atomic mass is 35.5. The number of hydrogen-bond acceptors (Lipinski definition) is 3. The Balaban J connectivity index is 0.00000300. The molecule has 0 bridgehead atoms. The lowest BCUT2D eigenvalue weighted by Gasteiger charge is -2.23. The minimum absolute atomic E-state index is 0. The summed E-state index contributed by atoms with van der Waals surface area (Å²) in [6.45, 7) is 0. The molecule has 0 aliphatic heterocycles. The molecule has 0 heterocycles.